The van der Waals surface area contributed by atoms with Crippen molar-refractivity contribution in [1.29, 1.82) is 0 Å². The second kappa shape index (κ2) is 7.35. The lowest BCUT2D eigenvalue weighted by Crippen LogP contribution is -2.19. The van der Waals surface area contributed by atoms with E-state index in [0.29, 0.717) is 0 Å². The minimum absolute atomic E-state index is 0.818. The van der Waals surface area contributed by atoms with Crippen molar-refractivity contribution in [3.8, 4) is 5.69 Å². The maximum atomic E-state index is 4.60. The number of para-hydroxylation sites is 2. The molecule has 2 aromatic heterocycles. The van der Waals surface area contributed by atoms with Gasteiger partial charge in [-0.25, -0.2) is 14.6 Å². The first kappa shape index (κ1) is 16.3. The van der Waals surface area contributed by atoms with E-state index in [2.05, 4.69) is 51.2 Å². The molecule has 2 heterocycles. The Morgan fingerprint density at radius 3 is 2.38 bits per heavy atom. The van der Waals surface area contributed by atoms with Crippen LogP contribution >= 0.6 is 0 Å². The van der Waals surface area contributed by atoms with E-state index in [-0.39, 0.29) is 0 Å². The Morgan fingerprint density at radius 1 is 0.923 bits per heavy atom. The molecular weight excluding hydrogens is 322 g/mol. The van der Waals surface area contributed by atoms with E-state index in [1.54, 1.807) is 6.33 Å². The van der Waals surface area contributed by atoms with Crippen LogP contribution in [0.1, 0.15) is 19.8 Å². The summed E-state index contributed by atoms with van der Waals surface area (Å²) in [6, 6.07) is 20.4. The molecule has 2 aromatic carbocycles. The third-order valence-corrected chi connectivity index (χ3v) is 4.40. The lowest BCUT2D eigenvalue weighted by molar-refractivity contribution is 0.780. The molecule has 5 heteroatoms. The van der Waals surface area contributed by atoms with E-state index in [9.17, 15) is 0 Å². The lowest BCUT2D eigenvalue weighted by atomic mass is 10.2. The number of aromatic nitrogens is 4. The van der Waals surface area contributed by atoms with E-state index in [1.165, 1.54) is 0 Å². The Labute approximate surface area is 152 Å². The van der Waals surface area contributed by atoms with Crippen LogP contribution in [0.3, 0.4) is 0 Å². The Balaban J connectivity index is 1.83. The van der Waals surface area contributed by atoms with Gasteiger partial charge >= 0.3 is 0 Å². The fourth-order valence-corrected chi connectivity index (χ4v) is 3.09. The fourth-order valence-electron chi connectivity index (χ4n) is 3.09. The van der Waals surface area contributed by atoms with Crippen LogP contribution in [0.5, 0.6) is 0 Å². The maximum Gasteiger partial charge on any atom is 0.168 e. The lowest BCUT2D eigenvalue weighted by Gasteiger charge is -2.24. The molecule has 0 aliphatic rings. The summed E-state index contributed by atoms with van der Waals surface area (Å²) in [5.74, 6) is 0.900. The molecule has 4 rings (SSSR count). The largest absolute Gasteiger partial charge is 0.326 e. The molecule has 130 valence electrons. The van der Waals surface area contributed by atoms with Crippen molar-refractivity contribution in [1.82, 2.24) is 19.7 Å². The van der Waals surface area contributed by atoms with Crippen LogP contribution in [0, 0.1) is 0 Å². The molecule has 0 saturated carbocycles. The topological polar surface area (TPSA) is 46.8 Å². The zero-order valence-corrected chi connectivity index (χ0v) is 14.8. The van der Waals surface area contributed by atoms with Crippen molar-refractivity contribution in [2.75, 3.05) is 11.4 Å². The molecule has 0 saturated heterocycles. The van der Waals surface area contributed by atoms with Crippen LogP contribution in [0.2, 0.25) is 0 Å². The molecule has 0 aliphatic heterocycles. The Morgan fingerprint density at radius 2 is 1.65 bits per heavy atom. The molecule has 0 spiro atoms. The monoisotopic (exact) mass is 343 g/mol. The van der Waals surface area contributed by atoms with Gasteiger partial charge in [-0.15, -0.1) is 0 Å². The van der Waals surface area contributed by atoms with Crippen molar-refractivity contribution < 1.29 is 0 Å². The summed E-state index contributed by atoms with van der Waals surface area (Å²) in [6.07, 6.45) is 5.70. The van der Waals surface area contributed by atoms with Crippen LogP contribution in [0.15, 0.2) is 73.2 Å². The number of hydrogen-bond donors (Lipinski definition) is 0. The normalized spacial score (nSPS) is 11.0. The van der Waals surface area contributed by atoms with E-state index >= 15 is 0 Å². The van der Waals surface area contributed by atoms with Crippen molar-refractivity contribution in [3.05, 3.63) is 73.2 Å². The summed E-state index contributed by atoms with van der Waals surface area (Å²) < 4.78 is 1.86. The van der Waals surface area contributed by atoms with Crippen LogP contribution in [0.4, 0.5) is 11.5 Å². The summed E-state index contributed by atoms with van der Waals surface area (Å²) in [5.41, 5.74) is 2.94. The van der Waals surface area contributed by atoms with Crippen LogP contribution < -0.4 is 4.90 Å². The van der Waals surface area contributed by atoms with Crippen molar-refractivity contribution in [2.24, 2.45) is 0 Å². The fraction of sp³-hybridized carbons (Fsp3) is 0.190. The van der Waals surface area contributed by atoms with Gasteiger partial charge in [0.25, 0.3) is 0 Å². The number of unbranched alkanes of at least 4 members (excludes halogenated alkanes) is 1. The molecule has 0 bridgehead atoms. The molecule has 0 fully saturated rings. The van der Waals surface area contributed by atoms with E-state index in [0.717, 1.165) is 47.6 Å². The third kappa shape index (κ3) is 3.04. The number of anilines is 2. The minimum atomic E-state index is 0.818. The Bertz CT molecular complexity index is 979. The third-order valence-electron chi connectivity index (χ3n) is 4.40. The van der Waals surface area contributed by atoms with E-state index in [4.69, 9.17) is 0 Å². The second-order valence-electron chi connectivity index (χ2n) is 6.17. The average molecular weight is 343 g/mol. The molecular formula is C21H21N5. The SMILES string of the molecule is CCCCN(c1ccccc1)c1ncnc2c1cnn2-c1ccccc1. The van der Waals surface area contributed by atoms with Gasteiger partial charge in [-0.2, -0.15) is 5.10 Å². The molecule has 0 radical (unpaired) electrons. The van der Waals surface area contributed by atoms with Gasteiger partial charge in [0.05, 0.1) is 17.3 Å². The first-order valence-electron chi connectivity index (χ1n) is 8.95. The summed E-state index contributed by atoms with van der Waals surface area (Å²) >= 11 is 0. The van der Waals surface area contributed by atoms with Gasteiger partial charge in [0.15, 0.2) is 5.65 Å². The number of nitrogens with zero attached hydrogens (tertiary/aromatic N) is 5. The summed E-state index contributed by atoms with van der Waals surface area (Å²) in [6.45, 7) is 3.11. The zero-order valence-electron chi connectivity index (χ0n) is 14.8. The van der Waals surface area contributed by atoms with Gasteiger partial charge in [-0.3, -0.25) is 0 Å². The predicted molar refractivity (Wildman–Crippen MR) is 105 cm³/mol. The highest BCUT2D eigenvalue weighted by Gasteiger charge is 2.17. The van der Waals surface area contributed by atoms with Crippen molar-refractivity contribution in [2.45, 2.75) is 19.8 Å². The molecule has 0 aliphatic carbocycles. The molecule has 26 heavy (non-hydrogen) atoms. The Hall–Kier alpha value is -3.21. The van der Waals surface area contributed by atoms with Crippen LogP contribution in [0.25, 0.3) is 16.7 Å². The van der Waals surface area contributed by atoms with Gasteiger partial charge in [-0.1, -0.05) is 49.7 Å². The smallest absolute Gasteiger partial charge is 0.168 e. The van der Waals surface area contributed by atoms with E-state index < -0.39 is 0 Å². The molecule has 0 atom stereocenters. The molecule has 5 nitrogen and oxygen atoms in total. The van der Waals surface area contributed by atoms with Crippen molar-refractivity contribution in [3.63, 3.8) is 0 Å². The summed E-state index contributed by atoms with van der Waals surface area (Å²) in [7, 11) is 0. The number of benzene rings is 2. The highest BCUT2D eigenvalue weighted by molar-refractivity contribution is 5.89. The Kier molecular flexibility index (Phi) is 4.60. The number of rotatable bonds is 6. The second-order valence-corrected chi connectivity index (χ2v) is 6.17. The molecule has 0 unspecified atom stereocenters. The van der Waals surface area contributed by atoms with Crippen LogP contribution in [-0.4, -0.2) is 26.3 Å². The molecule has 0 N–H and O–H groups in total. The quantitative estimate of drug-likeness (QED) is 0.507. The highest BCUT2D eigenvalue weighted by Crippen LogP contribution is 2.30. The van der Waals surface area contributed by atoms with Crippen LogP contribution in [-0.2, 0) is 0 Å². The summed E-state index contributed by atoms with van der Waals surface area (Å²) in [5, 5.41) is 5.52. The van der Waals surface area contributed by atoms with Gasteiger partial charge in [0.1, 0.15) is 12.1 Å². The van der Waals surface area contributed by atoms with Gasteiger partial charge in [0, 0.05) is 12.2 Å². The van der Waals surface area contributed by atoms with Gasteiger partial charge in [-0.05, 0) is 30.7 Å². The first-order valence-corrected chi connectivity index (χ1v) is 8.95. The van der Waals surface area contributed by atoms with Gasteiger partial charge in [0.2, 0.25) is 0 Å². The van der Waals surface area contributed by atoms with E-state index in [1.807, 2.05) is 47.3 Å². The summed E-state index contributed by atoms with van der Waals surface area (Å²) in [4.78, 5) is 11.4. The first-order chi connectivity index (χ1) is 12.9. The minimum Gasteiger partial charge on any atom is -0.326 e. The number of hydrogen-bond acceptors (Lipinski definition) is 4. The average Bonchev–Trinajstić information content (AvgIpc) is 3.15. The zero-order chi connectivity index (χ0) is 17.8. The standard InChI is InChI=1S/C21H21N5/c1-2-3-14-25(17-10-6-4-7-11-17)20-19-15-24-26(21(19)23-16-22-20)18-12-8-5-9-13-18/h4-13,15-16H,2-3,14H2,1H3. The molecule has 4 aromatic rings. The highest BCUT2D eigenvalue weighted by atomic mass is 15.3. The predicted octanol–water partition coefficient (Wildman–Crippen LogP) is 4.75. The number of fused-ring (bicyclic) bond motifs is 1. The van der Waals surface area contributed by atoms with Crippen molar-refractivity contribution >= 4 is 22.5 Å². The maximum absolute atomic E-state index is 4.60. The molecule has 0 amide bonds. The van der Waals surface area contributed by atoms with Gasteiger partial charge < -0.3 is 4.90 Å².